The van der Waals surface area contributed by atoms with E-state index in [1.54, 1.807) is 0 Å². The summed E-state index contributed by atoms with van der Waals surface area (Å²) in [5, 5.41) is 13.2. The van der Waals surface area contributed by atoms with Crippen LogP contribution < -0.4 is 5.32 Å². The maximum Gasteiger partial charge on any atom is 0.0664 e. The lowest BCUT2D eigenvalue weighted by Crippen LogP contribution is -2.46. The molecule has 0 radical (unpaired) electrons. The van der Waals surface area contributed by atoms with Gasteiger partial charge in [-0.05, 0) is 38.3 Å². The lowest BCUT2D eigenvalue weighted by Gasteiger charge is -2.35. The minimum absolute atomic E-state index is 0.124. The van der Waals surface area contributed by atoms with Gasteiger partial charge in [0.2, 0.25) is 0 Å². The van der Waals surface area contributed by atoms with Gasteiger partial charge in [-0.1, -0.05) is 6.92 Å². The number of piperidine rings is 1. The van der Waals surface area contributed by atoms with E-state index in [1.807, 2.05) is 0 Å². The van der Waals surface area contributed by atoms with E-state index in [9.17, 15) is 5.11 Å². The largest absolute Gasteiger partial charge is 0.392 e. The summed E-state index contributed by atoms with van der Waals surface area (Å²) >= 11 is 0. The molecule has 2 saturated heterocycles. The molecule has 14 heavy (non-hydrogen) atoms. The quantitative estimate of drug-likeness (QED) is 0.691. The Bertz CT molecular complexity index is 186. The molecule has 0 aromatic rings. The van der Waals surface area contributed by atoms with Crippen molar-refractivity contribution in [2.24, 2.45) is 5.92 Å². The minimum atomic E-state index is -0.124. The van der Waals surface area contributed by atoms with E-state index >= 15 is 0 Å². The number of nitrogens with one attached hydrogen (secondary N) is 1. The molecular formula is C11H22N2O. The summed E-state index contributed by atoms with van der Waals surface area (Å²) < 4.78 is 0. The number of hydrogen-bond acceptors (Lipinski definition) is 3. The highest BCUT2D eigenvalue weighted by Gasteiger charge is 2.32. The van der Waals surface area contributed by atoms with Crippen molar-refractivity contribution < 1.29 is 5.11 Å². The average Bonchev–Trinajstić information content (AvgIpc) is 2.64. The molecule has 3 heteroatoms. The average molecular weight is 198 g/mol. The predicted molar refractivity (Wildman–Crippen MR) is 57.3 cm³/mol. The zero-order chi connectivity index (χ0) is 9.97. The van der Waals surface area contributed by atoms with E-state index in [4.69, 9.17) is 0 Å². The van der Waals surface area contributed by atoms with Crippen LogP contribution in [0.25, 0.3) is 0 Å². The van der Waals surface area contributed by atoms with Gasteiger partial charge in [-0.2, -0.15) is 0 Å². The zero-order valence-electron chi connectivity index (χ0n) is 9.08. The van der Waals surface area contributed by atoms with Crippen LogP contribution in [0.3, 0.4) is 0 Å². The summed E-state index contributed by atoms with van der Waals surface area (Å²) in [6.07, 6.45) is 3.34. The normalized spacial score (nSPS) is 35.6. The van der Waals surface area contributed by atoms with Gasteiger partial charge in [0.25, 0.3) is 0 Å². The Morgan fingerprint density at radius 1 is 1.50 bits per heavy atom. The van der Waals surface area contributed by atoms with Crippen molar-refractivity contribution in [2.75, 3.05) is 26.2 Å². The lowest BCUT2D eigenvalue weighted by molar-refractivity contribution is 0.0785. The first-order valence-corrected chi connectivity index (χ1v) is 5.93. The number of hydrogen-bond donors (Lipinski definition) is 2. The molecule has 2 aliphatic heterocycles. The van der Waals surface area contributed by atoms with Crippen LogP contribution in [0.2, 0.25) is 0 Å². The number of likely N-dealkylation sites (tertiary alicyclic amines) is 1. The predicted octanol–water partition coefficient (Wildman–Crippen LogP) is 0.441. The third-order valence-electron chi connectivity index (χ3n) is 3.68. The van der Waals surface area contributed by atoms with Crippen LogP contribution in [0, 0.1) is 5.92 Å². The van der Waals surface area contributed by atoms with Crippen LogP contribution in [-0.4, -0.2) is 48.3 Å². The number of rotatable bonds is 3. The Kier molecular flexibility index (Phi) is 3.42. The molecule has 82 valence electrons. The zero-order valence-corrected chi connectivity index (χ0v) is 9.08. The van der Waals surface area contributed by atoms with Gasteiger partial charge in [0.15, 0.2) is 0 Å². The molecule has 0 aromatic heterocycles. The summed E-state index contributed by atoms with van der Waals surface area (Å²) in [6.45, 7) is 6.47. The van der Waals surface area contributed by atoms with Gasteiger partial charge < -0.3 is 15.3 Å². The van der Waals surface area contributed by atoms with Gasteiger partial charge in [0.05, 0.1) is 6.10 Å². The lowest BCUT2D eigenvalue weighted by atomic mass is 9.93. The van der Waals surface area contributed by atoms with Crippen LogP contribution in [-0.2, 0) is 0 Å². The molecule has 0 bridgehead atoms. The van der Waals surface area contributed by atoms with Crippen LogP contribution in [0.1, 0.15) is 26.2 Å². The molecule has 3 nitrogen and oxygen atoms in total. The fourth-order valence-electron chi connectivity index (χ4n) is 2.72. The number of aliphatic hydroxyl groups excluding tert-OH is 1. The molecule has 0 aliphatic carbocycles. The van der Waals surface area contributed by atoms with Gasteiger partial charge in [-0.3, -0.25) is 0 Å². The summed E-state index contributed by atoms with van der Waals surface area (Å²) in [5.74, 6) is 0.841. The fraction of sp³-hybridized carbons (Fsp3) is 1.00. The topological polar surface area (TPSA) is 35.5 Å². The number of fused-ring (bicyclic) bond motifs is 1. The molecule has 2 heterocycles. The van der Waals surface area contributed by atoms with Gasteiger partial charge in [0, 0.05) is 19.1 Å². The van der Waals surface area contributed by atoms with Crippen LogP contribution in [0.15, 0.2) is 0 Å². The molecule has 2 rings (SSSR count). The molecule has 0 saturated carbocycles. The molecule has 2 aliphatic rings. The SMILES string of the molecule is CCC(O)CN1CCC2NCCC2C1. The van der Waals surface area contributed by atoms with Crippen molar-refractivity contribution in [3.05, 3.63) is 0 Å². The standard InChI is InChI=1S/C11H22N2O/c1-2-10(14)8-13-6-4-11-9(7-13)3-5-12-11/h9-12,14H,2-8H2,1H3. The van der Waals surface area contributed by atoms with Crippen LogP contribution in [0.5, 0.6) is 0 Å². The molecule has 2 N–H and O–H groups in total. The summed E-state index contributed by atoms with van der Waals surface area (Å²) in [4.78, 5) is 2.43. The Morgan fingerprint density at radius 2 is 2.36 bits per heavy atom. The second-order valence-corrected chi connectivity index (χ2v) is 4.72. The van der Waals surface area contributed by atoms with Crippen molar-refractivity contribution in [1.82, 2.24) is 10.2 Å². The first kappa shape index (κ1) is 10.4. The fourth-order valence-corrected chi connectivity index (χ4v) is 2.72. The van der Waals surface area contributed by atoms with Crippen molar-refractivity contribution in [2.45, 2.75) is 38.3 Å². The van der Waals surface area contributed by atoms with Crippen molar-refractivity contribution in [1.29, 1.82) is 0 Å². The molecular weight excluding hydrogens is 176 g/mol. The summed E-state index contributed by atoms with van der Waals surface area (Å²) in [6, 6.07) is 0.769. The van der Waals surface area contributed by atoms with Crippen molar-refractivity contribution >= 4 is 0 Å². The Labute approximate surface area is 86.5 Å². The molecule has 0 amide bonds. The smallest absolute Gasteiger partial charge is 0.0664 e. The van der Waals surface area contributed by atoms with Crippen molar-refractivity contribution in [3.63, 3.8) is 0 Å². The highest BCUT2D eigenvalue weighted by molar-refractivity contribution is 4.90. The summed E-state index contributed by atoms with van der Waals surface area (Å²) in [5.41, 5.74) is 0. The Morgan fingerprint density at radius 3 is 3.14 bits per heavy atom. The third kappa shape index (κ3) is 2.27. The summed E-state index contributed by atoms with van der Waals surface area (Å²) in [7, 11) is 0. The maximum atomic E-state index is 9.59. The van der Waals surface area contributed by atoms with E-state index in [0.29, 0.717) is 0 Å². The van der Waals surface area contributed by atoms with Crippen LogP contribution in [0.4, 0.5) is 0 Å². The Hall–Kier alpha value is -0.120. The molecule has 3 unspecified atom stereocenters. The first-order valence-electron chi connectivity index (χ1n) is 5.93. The van der Waals surface area contributed by atoms with E-state index in [0.717, 1.165) is 31.5 Å². The van der Waals surface area contributed by atoms with Gasteiger partial charge in [-0.25, -0.2) is 0 Å². The van der Waals surface area contributed by atoms with Crippen LogP contribution >= 0.6 is 0 Å². The van der Waals surface area contributed by atoms with E-state index in [1.165, 1.54) is 25.9 Å². The van der Waals surface area contributed by atoms with Crippen molar-refractivity contribution in [3.8, 4) is 0 Å². The minimum Gasteiger partial charge on any atom is -0.392 e. The van der Waals surface area contributed by atoms with E-state index < -0.39 is 0 Å². The molecule has 2 fully saturated rings. The Balaban J connectivity index is 1.79. The van der Waals surface area contributed by atoms with Gasteiger partial charge >= 0.3 is 0 Å². The monoisotopic (exact) mass is 198 g/mol. The van der Waals surface area contributed by atoms with E-state index in [-0.39, 0.29) is 6.10 Å². The first-order chi connectivity index (χ1) is 6.79. The second-order valence-electron chi connectivity index (χ2n) is 4.72. The molecule has 0 aromatic carbocycles. The highest BCUT2D eigenvalue weighted by atomic mass is 16.3. The van der Waals surface area contributed by atoms with E-state index in [2.05, 4.69) is 17.1 Å². The van der Waals surface area contributed by atoms with Gasteiger partial charge in [-0.15, -0.1) is 0 Å². The third-order valence-corrected chi connectivity index (χ3v) is 3.68. The highest BCUT2D eigenvalue weighted by Crippen LogP contribution is 2.24. The van der Waals surface area contributed by atoms with Gasteiger partial charge in [0.1, 0.15) is 0 Å². The number of β-amino-alcohol motifs (C(OH)–C–C–N with tert-alkyl or cyclic N) is 1. The molecule has 3 atom stereocenters. The number of aliphatic hydroxyl groups is 1. The molecule has 0 spiro atoms. The maximum absolute atomic E-state index is 9.59. The number of nitrogens with zero attached hydrogens (tertiary/aromatic N) is 1. The second kappa shape index (κ2) is 4.60.